The van der Waals surface area contributed by atoms with Gasteiger partial charge in [0, 0.05) is 0 Å². The molecule has 2 aliphatic rings. The predicted octanol–water partition coefficient (Wildman–Crippen LogP) is 7.30. The zero-order chi connectivity index (χ0) is 18.9. The largest absolute Gasteiger partial charge is 0.573 e. The van der Waals surface area contributed by atoms with Crippen LogP contribution in [-0.2, 0) is 0 Å². The van der Waals surface area contributed by atoms with Crippen LogP contribution in [0.4, 0.5) is 13.2 Å². The maximum absolute atomic E-state index is 12.6. The van der Waals surface area contributed by atoms with Crippen LogP contribution in [0.1, 0.15) is 80.9 Å². The lowest BCUT2D eigenvalue weighted by atomic mass is 9.68. The van der Waals surface area contributed by atoms with E-state index in [1.165, 1.54) is 44.1 Å². The van der Waals surface area contributed by atoms with Gasteiger partial charge in [-0.15, -0.1) is 13.2 Å². The molecule has 3 rings (SSSR count). The van der Waals surface area contributed by atoms with Crippen LogP contribution >= 0.6 is 0 Å². The molecule has 26 heavy (non-hydrogen) atoms. The smallest absolute Gasteiger partial charge is 0.405 e. The summed E-state index contributed by atoms with van der Waals surface area (Å²) in [5, 5.41) is 0. The van der Waals surface area contributed by atoms with Gasteiger partial charge in [0.2, 0.25) is 0 Å². The van der Waals surface area contributed by atoms with Crippen LogP contribution < -0.4 is 4.74 Å². The Bertz CT molecular complexity index is 583. The van der Waals surface area contributed by atoms with Crippen molar-refractivity contribution in [1.29, 1.82) is 0 Å². The Hall–Kier alpha value is -1.19. The summed E-state index contributed by atoms with van der Waals surface area (Å²) in [6.45, 7) is 5.79. The SMILES string of the molecule is Cc1cc(C2CCC(C3CCC(C)CC3)CC2)cc(C)c1OC(F)(F)F. The average Bonchev–Trinajstić information content (AvgIpc) is 2.58. The number of hydrogen-bond acceptors (Lipinski definition) is 1. The van der Waals surface area contributed by atoms with Crippen molar-refractivity contribution >= 4 is 0 Å². The van der Waals surface area contributed by atoms with E-state index in [2.05, 4.69) is 11.7 Å². The van der Waals surface area contributed by atoms with Crippen molar-refractivity contribution in [3.63, 3.8) is 0 Å². The van der Waals surface area contributed by atoms with Gasteiger partial charge in [-0.25, -0.2) is 0 Å². The van der Waals surface area contributed by atoms with Crippen LogP contribution in [0.25, 0.3) is 0 Å². The average molecular weight is 368 g/mol. The Morgan fingerprint density at radius 3 is 1.73 bits per heavy atom. The van der Waals surface area contributed by atoms with E-state index in [0.717, 1.165) is 30.6 Å². The van der Waals surface area contributed by atoms with Crippen LogP contribution in [0.15, 0.2) is 12.1 Å². The monoisotopic (exact) mass is 368 g/mol. The normalized spacial score (nSPS) is 30.2. The molecule has 2 saturated carbocycles. The molecule has 0 atom stereocenters. The molecule has 0 saturated heterocycles. The highest BCUT2D eigenvalue weighted by Crippen LogP contribution is 2.44. The molecule has 0 radical (unpaired) electrons. The molecule has 4 heteroatoms. The van der Waals surface area contributed by atoms with Crippen LogP contribution in [-0.4, -0.2) is 6.36 Å². The number of ether oxygens (including phenoxy) is 1. The molecule has 0 heterocycles. The molecule has 1 aromatic carbocycles. The van der Waals surface area contributed by atoms with Crippen LogP contribution in [0, 0.1) is 31.6 Å². The van der Waals surface area contributed by atoms with Gasteiger partial charge in [0.05, 0.1) is 0 Å². The Morgan fingerprint density at radius 1 is 0.808 bits per heavy atom. The van der Waals surface area contributed by atoms with Gasteiger partial charge in [0.15, 0.2) is 0 Å². The van der Waals surface area contributed by atoms with Crippen molar-refractivity contribution in [3.8, 4) is 5.75 Å². The quantitative estimate of drug-likeness (QED) is 0.544. The Kier molecular flexibility index (Phi) is 5.88. The fourth-order valence-electron chi connectivity index (χ4n) is 5.18. The highest BCUT2D eigenvalue weighted by atomic mass is 19.4. The number of alkyl halides is 3. The Morgan fingerprint density at radius 2 is 1.27 bits per heavy atom. The van der Waals surface area contributed by atoms with E-state index >= 15 is 0 Å². The second kappa shape index (κ2) is 7.82. The van der Waals surface area contributed by atoms with Gasteiger partial charge in [-0.2, -0.15) is 0 Å². The van der Waals surface area contributed by atoms with Gasteiger partial charge < -0.3 is 4.74 Å². The summed E-state index contributed by atoms with van der Waals surface area (Å²) in [6, 6.07) is 3.81. The van der Waals surface area contributed by atoms with E-state index in [1.807, 2.05) is 12.1 Å². The lowest BCUT2D eigenvalue weighted by Crippen LogP contribution is -2.25. The van der Waals surface area contributed by atoms with E-state index < -0.39 is 6.36 Å². The fraction of sp³-hybridized carbons (Fsp3) is 0.727. The molecule has 0 bridgehead atoms. The van der Waals surface area contributed by atoms with Crippen LogP contribution in [0.5, 0.6) is 5.75 Å². The first kappa shape index (κ1) is 19.6. The lowest BCUT2D eigenvalue weighted by Gasteiger charge is -2.37. The van der Waals surface area contributed by atoms with Gasteiger partial charge in [0.25, 0.3) is 0 Å². The first-order chi connectivity index (χ1) is 12.2. The standard InChI is InChI=1S/C22H31F3O/c1-14-4-6-17(7-5-14)18-8-10-19(11-9-18)20-12-15(2)21(16(3)13-20)26-22(23,24)25/h12-14,17-19H,4-11H2,1-3H3. The maximum Gasteiger partial charge on any atom is 0.573 e. The zero-order valence-corrected chi connectivity index (χ0v) is 16.2. The van der Waals surface area contributed by atoms with E-state index in [1.54, 1.807) is 13.8 Å². The lowest BCUT2D eigenvalue weighted by molar-refractivity contribution is -0.275. The minimum atomic E-state index is -4.63. The molecule has 0 aliphatic heterocycles. The van der Waals surface area contributed by atoms with E-state index in [4.69, 9.17) is 0 Å². The topological polar surface area (TPSA) is 9.23 Å². The minimum Gasteiger partial charge on any atom is -0.405 e. The van der Waals surface area contributed by atoms with E-state index in [9.17, 15) is 13.2 Å². The Labute approximate surface area is 155 Å². The highest BCUT2D eigenvalue weighted by Gasteiger charge is 2.33. The van der Waals surface area contributed by atoms with Crippen LogP contribution in [0.2, 0.25) is 0 Å². The van der Waals surface area contributed by atoms with Crippen molar-refractivity contribution in [2.24, 2.45) is 17.8 Å². The molecule has 0 unspecified atom stereocenters. The summed E-state index contributed by atoms with van der Waals surface area (Å²) >= 11 is 0. The predicted molar refractivity (Wildman–Crippen MR) is 98.4 cm³/mol. The molecular weight excluding hydrogens is 337 g/mol. The third-order valence-electron chi connectivity index (χ3n) is 6.67. The van der Waals surface area contributed by atoms with Crippen LogP contribution in [0.3, 0.4) is 0 Å². The van der Waals surface area contributed by atoms with Gasteiger partial charge in [-0.1, -0.05) is 31.9 Å². The summed E-state index contributed by atoms with van der Waals surface area (Å²) < 4.78 is 41.9. The summed E-state index contributed by atoms with van der Waals surface area (Å²) in [5.74, 6) is 3.09. The molecular formula is C22H31F3O. The van der Waals surface area contributed by atoms with Crippen molar-refractivity contribution in [3.05, 3.63) is 28.8 Å². The Balaban J connectivity index is 1.62. The molecule has 0 amide bonds. The van der Waals surface area contributed by atoms with Gasteiger partial charge in [-0.05, 0) is 92.7 Å². The summed E-state index contributed by atoms with van der Waals surface area (Å²) in [5.41, 5.74) is 2.35. The number of rotatable bonds is 3. The third kappa shape index (κ3) is 4.75. The molecule has 2 aliphatic carbocycles. The minimum absolute atomic E-state index is 0.0359. The van der Waals surface area contributed by atoms with Crippen molar-refractivity contribution < 1.29 is 17.9 Å². The molecule has 0 N–H and O–H groups in total. The second-order valence-electron chi connectivity index (χ2n) is 8.66. The molecule has 1 nitrogen and oxygen atoms in total. The molecule has 0 spiro atoms. The van der Waals surface area contributed by atoms with Gasteiger partial charge in [0.1, 0.15) is 5.75 Å². The number of benzene rings is 1. The first-order valence-corrected chi connectivity index (χ1v) is 10.1. The van der Waals surface area contributed by atoms with E-state index in [0.29, 0.717) is 17.0 Å². The molecule has 1 aromatic rings. The number of aryl methyl sites for hydroxylation is 2. The fourth-order valence-corrected chi connectivity index (χ4v) is 5.18. The second-order valence-corrected chi connectivity index (χ2v) is 8.66. The van der Waals surface area contributed by atoms with Crippen molar-refractivity contribution in [2.45, 2.75) is 84.4 Å². The highest BCUT2D eigenvalue weighted by molar-refractivity contribution is 5.44. The van der Waals surface area contributed by atoms with Gasteiger partial charge in [-0.3, -0.25) is 0 Å². The van der Waals surface area contributed by atoms with E-state index in [-0.39, 0.29) is 5.75 Å². The summed E-state index contributed by atoms with van der Waals surface area (Å²) in [4.78, 5) is 0. The summed E-state index contributed by atoms with van der Waals surface area (Å²) in [6.07, 6.45) is 5.76. The maximum atomic E-state index is 12.6. The molecule has 2 fully saturated rings. The first-order valence-electron chi connectivity index (χ1n) is 10.1. The number of halogens is 3. The van der Waals surface area contributed by atoms with Crippen molar-refractivity contribution in [2.75, 3.05) is 0 Å². The molecule has 0 aromatic heterocycles. The van der Waals surface area contributed by atoms with Crippen molar-refractivity contribution in [1.82, 2.24) is 0 Å². The number of hydrogen-bond donors (Lipinski definition) is 0. The zero-order valence-electron chi connectivity index (χ0n) is 16.2. The third-order valence-corrected chi connectivity index (χ3v) is 6.67. The van der Waals surface area contributed by atoms with Gasteiger partial charge >= 0.3 is 6.36 Å². The molecule has 146 valence electrons. The summed E-state index contributed by atoms with van der Waals surface area (Å²) in [7, 11) is 0.